The van der Waals surface area contributed by atoms with Gasteiger partial charge in [0.1, 0.15) is 6.04 Å². The second-order valence-electron chi connectivity index (χ2n) is 4.43. The first-order valence-corrected chi connectivity index (χ1v) is 7.74. The summed E-state index contributed by atoms with van der Waals surface area (Å²) in [5.41, 5.74) is 0.371. The topological polar surface area (TPSA) is 136 Å². The summed E-state index contributed by atoms with van der Waals surface area (Å²) < 4.78 is 27.5. The van der Waals surface area contributed by atoms with Crippen molar-refractivity contribution in [3.63, 3.8) is 0 Å². The highest BCUT2D eigenvalue weighted by Gasteiger charge is 2.24. The maximum Gasteiger partial charge on any atom is 0.322 e. The minimum atomic E-state index is -3.92. The Bertz CT molecular complexity index is 602. The van der Waals surface area contributed by atoms with E-state index < -0.39 is 28.0 Å². The van der Waals surface area contributed by atoms with Crippen LogP contribution in [0.15, 0.2) is 18.2 Å². The number of hydrogen-bond donors (Lipinski definition) is 5. The Balaban J connectivity index is 2.83. The van der Waals surface area contributed by atoms with Crippen LogP contribution in [-0.2, 0) is 21.4 Å². The van der Waals surface area contributed by atoms with Gasteiger partial charge in [-0.15, -0.1) is 0 Å². The van der Waals surface area contributed by atoms with E-state index in [2.05, 4.69) is 4.72 Å². The first kappa shape index (κ1) is 17.2. The molecule has 0 saturated heterocycles. The fraction of sp³-hybridized carbons (Fsp3) is 0.417. The van der Waals surface area contributed by atoms with Crippen LogP contribution in [0, 0.1) is 0 Å². The zero-order chi connectivity index (χ0) is 16.0. The van der Waals surface area contributed by atoms with Crippen LogP contribution in [0.1, 0.15) is 18.9 Å². The Hall–Kier alpha value is -1.84. The van der Waals surface area contributed by atoms with Gasteiger partial charge in [-0.05, 0) is 30.5 Å². The van der Waals surface area contributed by atoms with Crippen LogP contribution in [-0.4, -0.2) is 42.3 Å². The van der Waals surface area contributed by atoms with E-state index in [-0.39, 0.29) is 18.7 Å². The molecule has 0 fully saturated rings. The fourth-order valence-electron chi connectivity index (χ4n) is 1.58. The lowest BCUT2D eigenvalue weighted by molar-refractivity contribution is -0.138. The number of aliphatic carboxylic acids is 1. The summed E-state index contributed by atoms with van der Waals surface area (Å²) in [6.07, 6.45) is 0.403. The monoisotopic (exact) mass is 318 g/mol. The zero-order valence-electron chi connectivity index (χ0n) is 11.4. The van der Waals surface area contributed by atoms with Gasteiger partial charge in [-0.1, -0.05) is 13.0 Å². The summed E-state index contributed by atoms with van der Waals surface area (Å²) in [4.78, 5) is 11.1. The molecule has 8 nitrogen and oxygen atoms in total. The van der Waals surface area contributed by atoms with Gasteiger partial charge in [0.2, 0.25) is 0 Å². The third kappa shape index (κ3) is 5.58. The molecule has 1 aromatic carbocycles. The molecule has 9 heteroatoms. The van der Waals surface area contributed by atoms with E-state index in [0.717, 1.165) is 0 Å². The number of rotatable bonds is 8. The highest BCUT2D eigenvalue weighted by Crippen LogP contribution is 2.25. The molecule has 21 heavy (non-hydrogen) atoms. The highest BCUT2D eigenvalue weighted by molar-refractivity contribution is 7.87. The molecule has 1 atom stereocenters. The lowest BCUT2D eigenvalue weighted by Gasteiger charge is -2.15. The Labute approximate surface area is 122 Å². The molecule has 0 aliphatic carbocycles. The van der Waals surface area contributed by atoms with E-state index in [1.807, 2.05) is 4.72 Å². The Kier molecular flexibility index (Phi) is 5.94. The first-order chi connectivity index (χ1) is 9.75. The molecule has 0 spiro atoms. The smallest absolute Gasteiger partial charge is 0.322 e. The Morgan fingerprint density at radius 2 is 1.95 bits per heavy atom. The standard InChI is InChI=1S/C12H18N2O6S/c1-2-5-13-21(19,20)14-9(12(17)18)6-8-3-4-10(15)11(16)7-8/h3-4,7,9,13-16H,2,5-6H2,1H3,(H,17,18)/t9-/m0/s1. The van der Waals surface area contributed by atoms with Crippen LogP contribution in [0.3, 0.4) is 0 Å². The third-order valence-corrected chi connectivity index (χ3v) is 3.80. The van der Waals surface area contributed by atoms with Gasteiger partial charge >= 0.3 is 5.97 Å². The van der Waals surface area contributed by atoms with Crippen LogP contribution >= 0.6 is 0 Å². The molecule has 0 saturated carbocycles. The van der Waals surface area contributed by atoms with E-state index in [4.69, 9.17) is 5.11 Å². The van der Waals surface area contributed by atoms with E-state index in [9.17, 15) is 23.4 Å². The van der Waals surface area contributed by atoms with E-state index in [0.29, 0.717) is 12.0 Å². The average molecular weight is 318 g/mol. The van der Waals surface area contributed by atoms with Crippen molar-refractivity contribution in [3.8, 4) is 11.5 Å². The molecule has 1 aromatic rings. The van der Waals surface area contributed by atoms with E-state index in [1.54, 1.807) is 6.92 Å². The number of benzene rings is 1. The van der Waals surface area contributed by atoms with Crippen molar-refractivity contribution >= 4 is 16.2 Å². The number of nitrogens with one attached hydrogen (secondary N) is 2. The van der Waals surface area contributed by atoms with E-state index >= 15 is 0 Å². The molecular formula is C12H18N2O6S. The van der Waals surface area contributed by atoms with Gasteiger partial charge in [-0.2, -0.15) is 13.1 Å². The molecule has 0 aliphatic rings. The first-order valence-electron chi connectivity index (χ1n) is 6.25. The van der Waals surface area contributed by atoms with Crippen LogP contribution in [0.2, 0.25) is 0 Å². The second-order valence-corrected chi connectivity index (χ2v) is 5.96. The van der Waals surface area contributed by atoms with Gasteiger partial charge in [-0.25, -0.2) is 4.72 Å². The van der Waals surface area contributed by atoms with Crippen molar-refractivity contribution in [2.24, 2.45) is 0 Å². The Morgan fingerprint density at radius 1 is 1.29 bits per heavy atom. The molecule has 118 valence electrons. The normalized spacial score (nSPS) is 13.0. The molecule has 1 rings (SSSR count). The van der Waals surface area contributed by atoms with E-state index in [1.165, 1.54) is 18.2 Å². The lowest BCUT2D eigenvalue weighted by atomic mass is 10.1. The number of phenolic OH excluding ortho intramolecular Hbond substituents is 2. The molecule has 0 bridgehead atoms. The van der Waals surface area contributed by atoms with Crippen molar-refractivity contribution in [3.05, 3.63) is 23.8 Å². The van der Waals surface area contributed by atoms with Crippen LogP contribution in [0.5, 0.6) is 11.5 Å². The predicted molar refractivity (Wildman–Crippen MR) is 75.2 cm³/mol. The third-order valence-electron chi connectivity index (χ3n) is 2.62. The average Bonchev–Trinajstić information content (AvgIpc) is 2.39. The van der Waals surface area contributed by atoms with Crippen molar-refractivity contribution in [1.29, 1.82) is 0 Å². The summed E-state index contributed by atoms with van der Waals surface area (Å²) >= 11 is 0. The maximum absolute atomic E-state index is 11.6. The van der Waals surface area contributed by atoms with Crippen molar-refractivity contribution in [1.82, 2.24) is 9.44 Å². The molecule has 5 N–H and O–H groups in total. The molecule has 0 unspecified atom stereocenters. The fourth-order valence-corrected chi connectivity index (χ4v) is 2.69. The summed E-state index contributed by atoms with van der Waals surface area (Å²) in [6.45, 7) is 1.97. The largest absolute Gasteiger partial charge is 0.504 e. The van der Waals surface area contributed by atoms with Gasteiger partial charge in [0, 0.05) is 6.54 Å². The molecule has 0 aromatic heterocycles. The Morgan fingerprint density at radius 3 is 2.48 bits per heavy atom. The van der Waals surface area contributed by atoms with Crippen molar-refractivity contribution in [2.45, 2.75) is 25.8 Å². The quantitative estimate of drug-likeness (QED) is 0.426. The van der Waals surface area contributed by atoms with Crippen molar-refractivity contribution in [2.75, 3.05) is 6.54 Å². The zero-order valence-corrected chi connectivity index (χ0v) is 12.2. The van der Waals surface area contributed by atoms with Crippen molar-refractivity contribution < 1.29 is 28.5 Å². The van der Waals surface area contributed by atoms with Gasteiger partial charge in [0.25, 0.3) is 10.2 Å². The SMILES string of the molecule is CCCNS(=O)(=O)N[C@@H](Cc1ccc(O)c(O)c1)C(=O)O. The summed E-state index contributed by atoms with van der Waals surface area (Å²) in [7, 11) is -3.92. The lowest BCUT2D eigenvalue weighted by Crippen LogP contribution is -2.47. The number of carbonyl (C=O) groups is 1. The minimum absolute atomic E-state index is 0.170. The van der Waals surface area contributed by atoms with Crippen LogP contribution in [0.25, 0.3) is 0 Å². The van der Waals surface area contributed by atoms with Gasteiger partial charge in [0.05, 0.1) is 0 Å². The van der Waals surface area contributed by atoms with Gasteiger partial charge < -0.3 is 15.3 Å². The number of hydrogen-bond acceptors (Lipinski definition) is 5. The van der Waals surface area contributed by atoms with Crippen LogP contribution in [0.4, 0.5) is 0 Å². The number of phenols is 2. The summed E-state index contributed by atoms with van der Waals surface area (Å²) in [6, 6.07) is 2.40. The second kappa shape index (κ2) is 7.25. The van der Waals surface area contributed by atoms with Crippen LogP contribution < -0.4 is 9.44 Å². The van der Waals surface area contributed by atoms with Gasteiger partial charge in [0.15, 0.2) is 11.5 Å². The molecular weight excluding hydrogens is 300 g/mol. The summed E-state index contributed by atoms with van der Waals surface area (Å²) in [5.74, 6) is -2.08. The predicted octanol–water partition coefficient (Wildman–Crippen LogP) is -0.0725. The van der Waals surface area contributed by atoms with Gasteiger partial charge in [-0.3, -0.25) is 4.79 Å². The number of aromatic hydroxyl groups is 2. The molecule has 0 aliphatic heterocycles. The number of carboxylic acids is 1. The molecule has 0 amide bonds. The molecule has 0 radical (unpaired) electrons. The number of carboxylic acid groups (broad SMARTS) is 1. The maximum atomic E-state index is 11.6. The minimum Gasteiger partial charge on any atom is -0.504 e. The highest BCUT2D eigenvalue weighted by atomic mass is 32.2. The summed E-state index contributed by atoms with van der Waals surface area (Å²) in [5, 5.41) is 27.6. The molecule has 0 heterocycles.